The van der Waals surface area contributed by atoms with Crippen molar-refractivity contribution < 1.29 is 4.42 Å². The zero-order chi connectivity index (χ0) is 28.2. The van der Waals surface area contributed by atoms with E-state index in [-0.39, 0.29) is 5.41 Å². The third-order valence-corrected chi connectivity index (χ3v) is 9.92. The highest BCUT2D eigenvalue weighted by atomic mass is 79.9. The number of benzene rings is 6. The van der Waals surface area contributed by atoms with Crippen LogP contribution >= 0.6 is 15.9 Å². The third kappa shape index (κ3) is 3.20. The predicted octanol–water partition coefficient (Wildman–Crippen LogP) is 11.4. The zero-order valence-electron chi connectivity index (χ0n) is 23.3. The van der Waals surface area contributed by atoms with Crippen LogP contribution in [0.1, 0.15) is 25.0 Å². The molecule has 2 aromatic heterocycles. The minimum atomic E-state index is -0.0553. The molecule has 0 fully saturated rings. The van der Waals surface area contributed by atoms with E-state index in [1.807, 2.05) is 12.1 Å². The van der Waals surface area contributed by atoms with Gasteiger partial charge < -0.3 is 8.98 Å². The highest BCUT2D eigenvalue weighted by Gasteiger charge is 2.36. The summed E-state index contributed by atoms with van der Waals surface area (Å²) in [4.78, 5) is 0. The number of aromatic nitrogens is 1. The van der Waals surface area contributed by atoms with E-state index in [9.17, 15) is 0 Å². The van der Waals surface area contributed by atoms with E-state index in [0.717, 1.165) is 26.4 Å². The summed E-state index contributed by atoms with van der Waals surface area (Å²) in [6, 6.07) is 44.1. The molecule has 0 N–H and O–H groups in total. The van der Waals surface area contributed by atoms with Crippen LogP contribution in [-0.4, -0.2) is 4.57 Å². The van der Waals surface area contributed by atoms with Gasteiger partial charge in [0.1, 0.15) is 11.2 Å². The first-order valence-corrected chi connectivity index (χ1v) is 15.2. The highest BCUT2D eigenvalue weighted by Crippen LogP contribution is 2.51. The van der Waals surface area contributed by atoms with Gasteiger partial charge in [0.05, 0.1) is 11.0 Å². The van der Waals surface area contributed by atoms with Crippen molar-refractivity contribution >= 4 is 59.7 Å². The van der Waals surface area contributed by atoms with E-state index < -0.39 is 0 Å². The van der Waals surface area contributed by atoms with E-state index in [1.54, 1.807) is 0 Å². The molecule has 42 heavy (non-hydrogen) atoms. The number of halogens is 1. The van der Waals surface area contributed by atoms with E-state index in [2.05, 4.69) is 144 Å². The molecule has 0 amide bonds. The van der Waals surface area contributed by atoms with Crippen LogP contribution in [0.4, 0.5) is 0 Å². The maximum atomic E-state index is 6.16. The van der Waals surface area contributed by atoms with E-state index in [1.165, 1.54) is 60.9 Å². The molecular weight excluding hydrogens is 578 g/mol. The van der Waals surface area contributed by atoms with Gasteiger partial charge >= 0.3 is 0 Å². The summed E-state index contributed by atoms with van der Waals surface area (Å²) in [5, 5.41) is 4.78. The Hall–Kier alpha value is -4.60. The average molecular weight is 605 g/mol. The van der Waals surface area contributed by atoms with Gasteiger partial charge in [-0.25, -0.2) is 0 Å². The Balaban J connectivity index is 1.34. The first-order valence-electron chi connectivity index (χ1n) is 14.4. The molecule has 0 bridgehead atoms. The SMILES string of the molecule is CC1(C)c2ccccc2-c2cc3c4cc(-c5ccc6oc7cccc(Br)c7c6c5)ccc4n(-c4ccccc4)c3cc21. The van der Waals surface area contributed by atoms with E-state index in [4.69, 9.17) is 4.42 Å². The second-order valence-corrected chi connectivity index (χ2v) is 12.8. The lowest BCUT2D eigenvalue weighted by atomic mass is 9.82. The van der Waals surface area contributed by atoms with Crippen LogP contribution in [0.2, 0.25) is 0 Å². The minimum absolute atomic E-state index is 0.0553. The number of fused-ring (bicyclic) bond motifs is 9. The maximum absolute atomic E-state index is 6.16. The van der Waals surface area contributed by atoms with Gasteiger partial charge in [0, 0.05) is 37.1 Å². The number of nitrogens with zero attached hydrogens (tertiary/aromatic N) is 1. The predicted molar refractivity (Wildman–Crippen MR) is 179 cm³/mol. The fourth-order valence-corrected chi connectivity index (χ4v) is 7.77. The first kappa shape index (κ1) is 24.0. The molecule has 1 aliphatic rings. The molecule has 0 radical (unpaired) electrons. The number of hydrogen-bond acceptors (Lipinski definition) is 1. The standard InChI is InChI=1S/C39H26BrNO/c1-39(2)31-12-7-6-11-26(31)27-21-29-28-19-23(24-16-18-36-30(20-24)38-33(40)13-8-14-37(38)42-36)15-17-34(28)41(35(29)22-32(27)39)25-9-4-3-5-10-25/h3-22H,1-2H3. The van der Waals surface area contributed by atoms with Gasteiger partial charge in [-0.15, -0.1) is 0 Å². The van der Waals surface area contributed by atoms with Crippen molar-refractivity contribution in [2.45, 2.75) is 19.3 Å². The molecule has 8 aromatic rings. The zero-order valence-corrected chi connectivity index (χ0v) is 24.9. The molecule has 200 valence electrons. The van der Waals surface area contributed by atoms with Gasteiger partial charge in [-0.1, -0.05) is 90.4 Å². The van der Waals surface area contributed by atoms with Gasteiger partial charge in [0.25, 0.3) is 0 Å². The molecule has 3 heteroatoms. The van der Waals surface area contributed by atoms with Crippen LogP contribution in [-0.2, 0) is 5.41 Å². The quantitative estimate of drug-likeness (QED) is 0.192. The monoisotopic (exact) mass is 603 g/mol. The Bertz CT molecular complexity index is 2390. The Labute approximate surface area is 251 Å². The van der Waals surface area contributed by atoms with Crippen LogP contribution in [0.5, 0.6) is 0 Å². The lowest BCUT2D eigenvalue weighted by Gasteiger charge is -2.21. The number of rotatable bonds is 2. The third-order valence-electron chi connectivity index (χ3n) is 9.26. The first-order chi connectivity index (χ1) is 20.5. The van der Waals surface area contributed by atoms with Gasteiger partial charge in [0.15, 0.2) is 0 Å². The molecule has 0 saturated heterocycles. The van der Waals surface area contributed by atoms with Crippen molar-refractivity contribution in [3.05, 3.63) is 137 Å². The molecule has 6 aromatic carbocycles. The summed E-state index contributed by atoms with van der Waals surface area (Å²) in [6.45, 7) is 4.70. The maximum Gasteiger partial charge on any atom is 0.136 e. The molecule has 0 spiro atoms. The van der Waals surface area contributed by atoms with Crippen molar-refractivity contribution in [2.24, 2.45) is 0 Å². The molecule has 1 aliphatic carbocycles. The van der Waals surface area contributed by atoms with E-state index in [0.29, 0.717) is 0 Å². The van der Waals surface area contributed by atoms with Crippen LogP contribution in [0.15, 0.2) is 130 Å². The molecule has 9 rings (SSSR count). The Morgan fingerprint density at radius 1 is 0.571 bits per heavy atom. The number of hydrogen-bond donors (Lipinski definition) is 0. The van der Waals surface area contributed by atoms with Crippen molar-refractivity contribution in [1.82, 2.24) is 4.57 Å². The topological polar surface area (TPSA) is 18.1 Å². The average Bonchev–Trinajstić information content (AvgIpc) is 3.62. The fourth-order valence-electron chi connectivity index (χ4n) is 7.21. The molecule has 0 unspecified atom stereocenters. The smallest absolute Gasteiger partial charge is 0.136 e. The van der Waals surface area contributed by atoms with E-state index >= 15 is 0 Å². The van der Waals surface area contributed by atoms with Gasteiger partial charge in [0.2, 0.25) is 0 Å². The lowest BCUT2D eigenvalue weighted by molar-refractivity contribution is 0.661. The Kier molecular flexibility index (Phi) is 4.85. The minimum Gasteiger partial charge on any atom is -0.456 e. The summed E-state index contributed by atoms with van der Waals surface area (Å²) in [7, 11) is 0. The molecule has 2 nitrogen and oxygen atoms in total. The fraction of sp³-hybridized carbons (Fsp3) is 0.0769. The largest absolute Gasteiger partial charge is 0.456 e. The lowest BCUT2D eigenvalue weighted by Crippen LogP contribution is -2.14. The summed E-state index contributed by atoms with van der Waals surface area (Å²) in [5.41, 5.74) is 13.2. The van der Waals surface area contributed by atoms with Crippen LogP contribution in [0, 0.1) is 0 Å². The second kappa shape index (κ2) is 8.47. The number of para-hydroxylation sites is 1. The Morgan fingerprint density at radius 3 is 2.17 bits per heavy atom. The normalized spacial score (nSPS) is 13.8. The van der Waals surface area contributed by atoms with Crippen LogP contribution < -0.4 is 0 Å². The van der Waals surface area contributed by atoms with Gasteiger partial charge in [-0.05, 0) is 94.0 Å². The molecule has 0 saturated carbocycles. The highest BCUT2D eigenvalue weighted by molar-refractivity contribution is 9.10. The van der Waals surface area contributed by atoms with Crippen molar-refractivity contribution in [3.8, 4) is 27.9 Å². The van der Waals surface area contributed by atoms with Gasteiger partial charge in [-0.2, -0.15) is 0 Å². The number of furan rings is 1. The van der Waals surface area contributed by atoms with Crippen LogP contribution in [0.25, 0.3) is 71.7 Å². The van der Waals surface area contributed by atoms with Crippen LogP contribution in [0.3, 0.4) is 0 Å². The molecule has 0 aliphatic heterocycles. The van der Waals surface area contributed by atoms with Gasteiger partial charge in [-0.3, -0.25) is 0 Å². The summed E-state index contributed by atoms with van der Waals surface area (Å²) < 4.78 is 9.64. The summed E-state index contributed by atoms with van der Waals surface area (Å²) >= 11 is 3.74. The summed E-state index contributed by atoms with van der Waals surface area (Å²) in [6.07, 6.45) is 0. The molecule has 0 atom stereocenters. The second-order valence-electron chi connectivity index (χ2n) is 11.9. The molecule has 2 heterocycles. The van der Waals surface area contributed by atoms with Crippen molar-refractivity contribution in [2.75, 3.05) is 0 Å². The van der Waals surface area contributed by atoms with Crippen molar-refractivity contribution in [1.29, 1.82) is 0 Å². The Morgan fingerprint density at radius 2 is 1.31 bits per heavy atom. The molecular formula is C39H26BrNO. The van der Waals surface area contributed by atoms with Crippen molar-refractivity contribution in [3.63, 3.8) is 0 Å². The summed E-state index contributed by atoms with van der Waals surface area (Å²) in [5.74, 6) is 0.